The van der Waals surface area contributed by atoms with Crippen molar-refractivity contribution in [2.45, 2.75) is 25.9 Å². The van der Waals surface area contributed by atoms with Gasteiger partial charge in [0.05, 0.1) is 28.6 Å². The molecule has 9 nitrogen and oxygen atoms in total. The number of aromatic amines is 2. The van der Waals surface area contributed by atoms with Crippen LogP contribution in [-0.4, -0.2) is 61.3 Å². The number of rotatable bonds is 11. The van der Waals surface area contributed by atoms with Gasteiger partial charge in [-0.25, -0.2) is 9.37 Å². The molecule has 0 unspecified atom stereocenters. The van der Waals surface area contributed by atoms with E-state index in [-0.39, 0.29) is 5.82 Å². The number of fused-ring (bicyclic) bond motifs is 2. The molecule has 7 aromatic rings. The molecular weight excluding hydrogens is 603 g/mol. The zero-order chi connectivity index (χ0) is 32.3. The largest absolute Gasteiger partial charge is 0.492 e. The van der Waals surface area contributed by atoms with Crippen molar-refractivity contribution in [3.05, 3.63) is 115 Å². The molecule has 1 fully saturated rings. The van der Waals surface area contributed by atoms with Gasteiger partial charge in [-0.05, 0) is 79.0 Å². The number of benzene rings is 2. The van der Waals surface area contributed by atoms with Gasteiger partial charge in [-0.2, -0.15) is 5.10 Å². The highest BCUT2D eigenvalue weighted by Gasteiger charge is 2.17. The number of pyridine rings is 3. The van der Waals surface area contributed by atoms with E-state index < -0.39 is 0 Å². The fourth-order valence-electron chi connectivity index (χ4n) is 6.43. The Bertz CT molecular complexity index is 2190. The first-order chi connectivity index (χ1) is 23.7. The highest BCUT2D eigenvalue weighted by atomic mass is 19.1. The molecule has 2 aromatic carbocycles. The maximum Gasteiger partial charge on any atom is 0.135 e. The molecule has 0 spiro atoms. The number of ether oxygens (including phenoxy) is 1. The Morgan fingerprint density at radius 3 is 2.56 bits per heavy atom. The Balaban J connectivity index is 1.05. The van der Waals surface area contributed by atoms with Crippen LogP contribution in [0.1, 0.15) is 24.0 Å². The molecular formula is C38H35FN8O. The molecule has 3 N–H and O–H groups in total. The Morgan fingerprint density at radius 2 is 1.67 bits per heavy atom. The molecule has 0 atom stereocenters. The lowest BCUT2D eigenvalue weighted by Crippen LogP contribution is -2.25. The fraction of sp³-hybridized carbons (Fsp3) is 0.211. The monoisotopic (exact) mass is 638 g/mol. The molecule has 0 radical (unpaired) electrons. The van der Waals surface area contributed by atoms with Crippen molar-refractivity contribution in [1.29, 1.82) is 0 Å². The number of halogens is 1. The van der Waals surface area contributed by atoms with Gasteiger partial charge in [0.1, 0.15) is 29.4 Å². The Labute approximate surface area is 277 Å². The summed E-state index contributed by atoms with van der Waals surface area (Å²) in [6, 6.07) is 23.3. The van der Waals surface area contributed by atoms with Crippen LogP contribution in [0.4, 0.5) is 4.39 Å². The first-order valence-corrected chi connectivity index (χ1v) is 16.3. The lowest BCUT2D eigenvalue weighted by atomic mass is 10.0. The third kappa shape index (κ3) is 6.40. The third-order valence-corrected chi connectivity index (χ3v) is 8.86. The average Bonchev–Trinajstić information content (AvgIpc) is 3.88. The van der Waals surface area contributed by atoms with Crippen LogP contribution in [0, 0.1) is 5.82 Å². The number of hydrogen-bond acceptors (Lipinski definition) is 7. The lowest BCUT2D eigenvalue weighted by molar-refractivity contribution is 0.237. The molecule has 48 heavy (non-hydrogen) atoms. The van der Waals surface area contributed by atoms with Gasteiger partial charge in [-0.15, -0.1) is 0 Å². The standard InChI is InChI=1S/C38H35FN8O/c39-29-15-27(16-30(17-29)48-13-12-47-10-4-5-11-47)32-23-42-24-36-31(32)18-35(43-36)38-37-34(45-46-38)9-8-33(44-37)28-14-26(21-41-22-28)20-40-19-25-6-2-1-3-7-25/h1-3,6-9,14-18,21-24,40,43H,4-5,10-13,19-20H2,(H,45,46). The van der Waals surface area contributed by atoms with Crippen LogP contribution in [0.15, 0.2) is 97.6 Å². The van der Waals surface area contributed by atoms with Gasteiger partial charge in [-0.1, -0.05) is 30.3 Å². The Morgan fingerprint density at radius 1 is 0.812 bits per heavy atom. The molecule has 0 saturated carbocycles. The second-order valence-corrected chi connectivity index (χ2v) is 12.2. The van der Waals surface area contributed by atoms with Gasteiger partial charge in [0.25, 0.3) is 0 Å². The van der Waals surface area contributed by atoms with E-state index >= 15 is 0 Å². The quantitative estimate of drug-likeness (QED) is 0.138. The topological polar surface area (TPSA) is 108 Å². The van der Waals surface area contributed by atoms with E-state index in [1.807, 2.05) is 54.9 Å². The number of H-pyrrole nitrogens is 2. The van der Waals surface area contributed by atoms with Crippen molar-refractivity contribution in [2.75, 3.05) is 26.2 Å². The maximum absolute atomic E-state index is 14.8. The normalized spacial score (nSPS) is 13.5. The second kappa shape index (κ2) is 13.3. The molecule has 0 aliphatic carbocycles. The minimum atomic E-state index is -0.350. The molecule has 5 aromatic heterocycles. The first-order valence-electron chi connectivity index (χ1n) is 16.3. The molecule has 6 heterocycles. The van der Waals surface area contributed by atoms with Crippen molar-refractivity contribution >= 4 is 21.9 Å². The summed E-state index contributed by atoms with van der Waals surface area (Å²) in [7, 11) is 0. The number of aromatic nitrogens is 6. The van der Waals surface area contributed by atoms with Crippen LogP contribution in [0.5, 0.6) is 5.75 Å². The molecule has 1 saturated heterocycles. The highest BCUT2D eigenvalue weighted by molar-refractivity contribution is 6.00. The predicted molar refractivity (Wildman–Crippen MR) is 186 cm³/mol. The average molecular weight is 639 g/mol. The van der Waals surface area contributed by atoms with E-state index in [1.54, 1.807) is 12.4 Å². The Hall–Kier alpha value is -5.45. The zero-order valence-corrected chi connectivity index (χ0v) is 26.4. The van der Waals surface area contributed by atoms with Crippen LogP contribution in [0.3, 0.4) is 0 Å². The van der Waals surface area contributed by atoms with E-state index in [9.17, 15) is 4.39 Å². The third-order valence-electron chi connectivity index (χ3n) is 8.86. The van der Waals surface area contributed by atoms with Crippen molar-refractivity contribution in [2.24, 2.45) is 0 Å². The second-order valence-electron chi connectivity index (χ2n) is 12.2. The zero-order valence-electron chi connectivity index (χ0n) is 26.4. The predicted octanol–water partition coefficient (Wildman–Crippen LogP) is 7.13. The first kappa shape index (κ1) is 29.9. The van der Waals surface area contributed by atoms with E-state index in [2.05, 4.69) is 53.6 Å². The van der Waals surface area contributed by atoms with Crippen molar-refractivity contribution in [1.82, 2.24) is 40.3 Å². The van der Waals surface area contributed by atoms with Crippen molar-refractivity contribution in [3.8, 4) is 39.5 Å². The summed E-state index contributed by atoms with van der Waals surface area (Å²) < 4.78 is 20.8. The van der Waals surface area contributed by atoms with Crippen molar-refractivity contribution in [3.63, 3.8) is 0 Å². The summed E-state index contributed by atoms with van der Waals surface area (Å²) in [6.07, 6.45) is 9.69. The van der Waals surface area contributed by atoms with E-state index in [1.165, 1.54) is 30.5 Å². The molecule has 0 amide bonds. The van der Waals surface area contributed by atoms with Gasteiger partial charge >= 0.3 is 0 Å². The minimum Gasteiger partial charge on any atom is -0.492 e. The van der Waals surface area contributed by atoms with Gasteiger partial charge in [0.2, 0.25) is 0 Å². The fourth-order valence-corrected chi connectivity index (χ4v) is 6.43. The summed E-state index contributed by atoms with van der Waals surface area (Å²) in [5.41, 5.74) is 9.39. The van der Waals surface area contributed by atoms with Crippen LogP contribution < -0.4 is 10.1 Å². The molecule has 8 rings (SSSR count). The summed E-state index contributed by atoms with van der Waals surface area (Å²) in [6.45, 7) is 5.03. The van der Waals surface area contributed by atoms with Crippen molar-refractivity contribution < 1.29 is 9.13 Å². The number of nitrogens with zero attached hydrogens (tertiary/aromatic N) is 5. The van der Waals surface area contributed by atoms with Gasteiger partial charge in [0, 0.05) is 60.8 Å². The molecule has 1 aliphatic rings. The maximum atomic E-state index is 14.8. The molecule has 10 heteroatoms. The number of likely N-dealkylation sites (tertiary alicyclic amines) is 1. The van der Waals surface area contributed by atoms with Gasteiger partial charge < -0.3 is 15.0 Å². The summed E-state index contributed by atoms with van der Waals surface area (Å²) in [5.74, 6) is 0.162. The summed E-state index contributed by atoms with van der Waals surface area (Å²) >= 11 is 0. The van der Waals surface area contributed by atoms with E-state index in [0.717, 1.165) is 76.2 Å². The number of hydrogen-bond donors (Lipinski definition) is 3. The highest BCUT2D eigenvalue weighted by Crippen LogP contribution is 2.35. The van der Waals surface area contributed by atoms with E-state index in [4.69, 9.17) is 9.72 Å². The molecule has 240 valence electrons. The Kier molecular flexibility index (Phi) is 8.32. The number of nitrogens with one attached hydrogen (secondary N) is 3. The van der Waals surface area contributed by atoms with Crippen LogP contribution in [0.2, 0.25) is 0 Å². The molecule has 0 bridgehead atoms. The van der Waals surface area contributed by atoms with Crippen LogP contribution in [-0.2, 0) is 13.1 Å². The smallest absolute Gasteiger partial charge is 0.135 e. The van der Waals surface area contributed by atoms with Gasteiger partial charge in [-0.3, -0.25) is 20.0 Å². The minimum absolute atomic E-state index is 0.350. The van der Waals surface area contributed by atoms with Crippen LogP contribution >= 0.6 is 0 Å². The summed E-state index contributed by atoms with van der Waals surface area (Å²) in [5, 5.41) is 12.1. The van der Waals surface area contributed by atoms with Crippen LogP contribution in [0.25, 0.3) is 55.7 Å². The summed E-state index contributed by atoms with van der Waals surface area (Å²) in [4.78, 5) is 19.8. The SMILES string of the molecule is Fc1cc(OCCN2CCCC2)cc(-c2cncc3[nH]c(-c4n[nH]c5ccc(-c6cncc(CNCc7ccccc7)c6)nc45)cc23)c1. The van der Waals surface area contributed by atoms with Gasteiger partial charge in [0.15, 0.2) is 0 Å². The lowest BCUT2D eigenvalue weighted by Gasteiger charge is -2.15. The van der Waals surface area contributed by atoms with E-state index in [0.29, 0.717) is 30.2 Å². The molecule has 1 aliphatic heterocycles.